The minimum atomic E-state index is -0.316. The molecule has 20 heavy (non-hydrogen) atoms. The zero-order valence-electron chi connectivity index (χ0n) is 11.5. The van der Waals surface area contributed by atoms with Crippen molar-refractivity contribution in [1.82, 2.24) is 10.2 Å². The molecule has 6 nitrogen and oxygen atoms in total. The van der Waals surface area contributed by atoms with E-state index in [1.165, 1.54) is 7.05 Å². The van der Waals surface area contributed by atoms with E-state index in [0.29, 0.717) is 23.4 Å². The number of imide groups is 1. The van der Waals surface area contributed by atoms with Crippen molar-refractivity contribution in [2.24, 2.45) is 0 Å². The highest BCUT2D eigenvalue weighted by atomic mass is 16.2. The second-order valence-electron chi connectivity index (χ2n) is 4.63. The molecule has 0 aromatic heterocycles. The predicted octanol–water partition coefficient (Wildman–Crippen LogP) is 0.850. The van der Waals surface area contributed by atoms with Crippen LogP contribution in [-0.2, 0) is 4.79 Å². The van der Waals surface area contributed by atoms with Crippen LogP contribution in [0.1, 0.15) is 34.1 Å². The highest BCUT2D eigenvalue weighted by Gasteiger charge is 2.32. The summed E-state index contributed by atoms with van der Waals surface area (Å²) < 4.78 is 0. The average molecular weight is 275 g/mol. The highest BCUT2D eigenvalue weighted by molar-refractivity contribution is 6.21. The number of benzene rings is 1. The van der Waals surface area contributed by atoms with Gasteiger partial charge in [0.1, 0.15) is 0 Å². The summed E-state index contributed by atoms with van der Waals surface area (Å²) in [5, 5.41) is 5.69. The van der Waals surface area contributed by atoms with Crippen molar-refractivity contribution < 1.29 is 14.4 Å². The fourth-order valence-electron chi connectivity index (χ4n) is 1.98. The molecule has 1 aromatic rings. The molecule has 1 aromatic carbocycles. The van der Waals surface area contributed by atoms with Gasteiger partial charge in [0.15, 0.2) is 0 Å². The number of rotatable bonds is 5. The van der Waals surface area contributed by atoms with Crippen molar-refractivity contribution in [3.05, 3.63) is 29.3 Å². The minimum absolute atomic E-state index is 0.105. The molecular formula is C14H17N3O3. The van der Waals surface area contributed by atoms with Crippen LogP contribution in [0.4, 0.5) is 5.69 Å². The Balaban J connectivity index is 2.04. The molecule has 1 heterocycles. The van der Waals surface area contributed by atoms with Crippen LogP contribution < -0.4 is 10.6 Å². The van der Waals surface area contributed by atoms with E-state index in [0.717, 1.165) is 11.3 Å². The van der Waals surface area contributed by atoms with Crippen LogP contribution in [0.5, 0.6) is 0 Å². The van der Waals surface area contributed by atoms with E-state index in [1.54, 1.807) is 18.2 Å². The van der Waals surface area contributed by atoms with E-state index in [9.17, 15) is 14.4 Å². The maximum atomic E-state index is 11.8. The molecule has 0 saturated carbocycles. The quantitative estimate of drug-likeness (QED) is 0.781. The molecule has 106 valence electrons. The van der Waals surface area contributed by atoms with Gasteiger partial charge in [-0.1, -0.05) is 6.92 Å². The van der Waals surface area contributed by atoms with Gasteiger partial charge in [0.05, 0.1) is 17.7 Å². The van der Waals surface area contributed by atoms with Crippen molar-refractivity contribution in [1.29, 1.82) is 0 Å². The van der Waals surface area contributed by atoms with Gasteiger partial charge < -0.3 is 10.6 Å². The zero-order chi connectivity index (χ0) is 14.7. The van der Waals surface area contributed by atoms with Gasteiger partial charge in [0, 0.05) is 19.3 Å². The van der Waals surface area contributed by atoms with E-state index in [-0.39, 0.29) is 24.3 Å². The molecule has 2 N–H and O–H groups in total. The van der Waals surface area contributed by atoms with Crippen molar-refractivity contribution in [3.63, 3.8) is 0 Å². The molecule has 0 fully saturated rings. The van der Waals surface area contributed by atoms with E-state index < -0.39 is 0 Å². The Morgan fingerprint density at radius 1 is 1.20 bits per heavy atom. The average Bonchev–Trinajstić information content (AvgIpc) is 2.67. The lowest BCUT2D eigenvalue weighted by Gasteiger charge is -2.07. The van der Waals surface area contributed by atoms with Crippen molar-refractivity contribution in [3.8, 4) is 0 Å². The summed E-state index contributed by atoms with van der Waals surface area (Å²) in [5.41, 5.74) is 1.42. The second-order valence-corrected chi connectivity index (χ2v) is 4.63. The summed E-state index contributed by atoms with van der Waals surface area (Å²) in [6, 6.07) is 4.90. The van der Waals surface area contributed by atoms with Gasteiger partial charge in [0.2, 0.25) is 5.91 Å². The molecular weight excluding hydrogens is 258 g/mol. The first-order chi connectivity index (χ1) is 9.54. The zero-order valence-corrected chi connectivity index (χ0v) is 11.5. The summed E-state index contributed by atoms with van der Waals surface area (Å²) in [7, 11) is 1.45. The number of carbonyl (C=O) groups is 3. The summed E-state index contributed by atoms with van der Waals surface area (Å²) in [6.07, 6.45) is 0.882. The molecule has 0 atom stereocenters. The minimum Gasteiger partial charge on any atom is -0.376 e. The first kappa shape index (κ1) is 14.0. The number of carbonyl (C=O) groups excluding carboxylic acids is 3. The van der Waals surface area contributed by atoms with Crippen LogP contribution in [-0.4, -0.2) is 42.8 Å². The summed E-state index contributed by atoms with van der Waals surface area (Å²) in [6.45, 7) is 2.76. The number of amides is 3. The Morgan fingerprint density at radius 3 is 2.60 bits per heavy atom. The van der Waals surface area contributed by atoms with E-state index >= 15 is 0 Å². The Hall–Kier alpha value is -2.37. The molecule has 0 unspecified atom stereocenters. The van der Waals surface area contributed by atoms with Gasteiger partial charge in [-0.2, -0.15) is 0 Å². The first-order valence-electron chi connectivity index (χ1n) is 6.51. The number of nitrogens with zero attached hydrogens (tertiary/aromatic N) is 1. The second kappa shape index (κ2) is 5.73. The van der Waals surface area contributed by atoms with Crippen molar-refractivity contribution in [2.75, 3.05) is 25.5 Å². The van der Waals surface area contributed by atoms with Crippen LogP contribution in [0.3, 0.4) is 0 Å². The molecule has 6 heteroatoms. The highest BCUT2D eigenvalue weighted by Crippen LogP contribution is 2.24. The fourth-order valence-corrected chi connectivity index (χ4v) is 1.98. The van der Waals surface area contributed by atoms with Crippen LogP contribution in [0.2, 0.25) is 0 Å². The van der Waals surface area contributed by atoms with Gasteiger partial charge in [-0.25, -0.2) is 0 Å². The monoisotopic (exact) mass is 275 g/mol. The van der Waals surface area contributed by atoms with Crippen LogP contribution in [0.15, 0.2) is 18.2 Å². The number of anilines is 1. The Labute approximate surface area is 117 Å². The largest absolute Gasteiger partial charge is 0.376 e. The lowest BCUT2D eigenvalue weighted by molar-refractivity contribution is -0.119. The maximum absolute atomic E-state index is 11.8. The van der Waals surface area contributed by atoms with E-state index in [1.807, 2.05) is 6.92 Å². The molecule has 3 amide bonds. The molecule has 0 radical (unpaired) electrons. The lowest BCUT2D eigenvalue weighted by Crippen LogP contribution is -2.30. The Morgan fingerprint density at radius 2 is 1.90 bits per heavy atom. The third-order valence-electron chi connectivity index (χ3n) is 3.11. The van der Waals surface area contributed by atoms with Gasteiger partial charge in [-0.15, -0.1) is 0 Å². The first-order valence-corrected chi connectivity index (χ1v) is 6.51. The number of hydrogen-bond acceptors (Lipinski definition) is 4. The number of nitrogens with one attached hydrogen (secondary N) is 2. The van der Waals surface area contributed by atoms with Gasteiger partial charge in [-0.3, -0.25) is 19.3 Å². The van der Waals surface area contributed by atoms with Crippen molar-refractivity contribution >= 4 is 23.4 Å². The Bertz CT molecular complexity index is 569. The number of hydrogen-bond donors (Lipinski definition) is 2. The van der Waals surface area contributed by atoms with Crippen LogP contribution in [0, 0.1) is 0 Å². The normalized spacial score (nSPS) is 13.4. The third-order valence-corrected chi connectivity index (χ3v) is 3.11. The summed E-state index contributed by atoms with van der Waals surface area (Å²) in [4.78, 5) is 36.1. The molecule has 1 aliphatic rings. The predicted molar refractivity (Wildman–Crippen MR) is 74.7 cm³/mol. The SMILES string of the molecule is CCCNC(=O)CNc1ccc2c(c1)C(=O)N(C)C2=O. The fraction of sp³-hybridized carbons (Fsp3) is 0.357. The van der Waals surface area contributed by atoms with Gasteiger partial charge >= 0.3 is 0 Å². The van der Waals surface area contributed by atoms with Gasteiger partial charge in [0.25, 0.3) is 11.8 Å². The standard InChI is InChI=1S/C14H17N3O3/c1-3-6-15-12(18)8-16-9-4-5-10-11(7-9)14(20)17(2)13(10)19/h4-5,7,16H,3,6,8H2,1-2H3,(H,15,18). The van der Waals surface area contributed by atoms with Crippen molar-refractivity contribution in [2.45, 2.75) is 13.3 Å². The summed E-state index contributed by atoms with van der Waals surface area (Å²) in [5.74, 6) is -0.715. The van der Waals surface area contributed by atoms with Crippen LogP contribution in [0.25, 0.3) is 0 Å². The molecule has 0 bridgehead atoms. The molecule has 0 aliphatic carbocycles. The third kappa shape index (κ3) is 2.64. The molecule has 1 aliphatic heterocycles. The van der Waals surface area contributed by atoms with Crippen LogP contribution >= 0.6 is 0 Å². The van der Waals surface area contributed by atoms with E-state index in [4.69, 9.17) is 0 Å². The van der Waals surface area contributed by atoms with E-state index in [2.05, 4.69) is 10.6 Å². The molecule has 2 rings (SSSR count). The number of fused-ring (bicyclic) bond motifs is 1. The molecule has 0 spiro atoms. The smallest absolute Gasteiger partial charge is 0.261 e. The topological polar surface area (TPSA) is 78.5 Å². The Kier molecular flexibility index (Phi) is 4.02. The molecule has 0 saturated heterocycles. The maximum Gasteiger partial charge on any atom is 0.261 e. The summed E-state index contributed by atoms with van der Waals surface area (Å²) >= 11 is 0. The lowest BCUT2D eigenvalue weighted by atomic mass is 10.1. The van der Waals surface area contributed by atoms with Gasteiger partial charge in [-0.05, 0) is 24.6 Å².